The molecule has 0 spiro atoms. The van der Waals surface area contributed by atoms with Gasteiger partial charge >= 0.3 is 7.60 Å². The van der Waals surface area contributed by atoms with Gasteiger partial charge in [0.1, 0.15) is 23.9 Å². The summed E-state index contributed by atoms with van der Waals surface area (Å²) >= 11 is 0. The Morgan fingerprint density at radius 2 is 1.90 bits per heavy atom. The molecule has 2 rings (SSSR count). The first-order valence-electron chi connectivity index (χ1n) is 10.0. The molecular formula is C19H33N4O7P. The highest BCUT2D eigenvalue weighted by molar-refractivity contribution is 7.54. The average molecular weight is 460 g/mol. The van der Waals surface area contributed by atoms with Crippen LogP contribution in [-0.4, -0.2) is 65.0 Å². The van der Waals surface area contributed by atoms with E-state index in [0.717, 1.165) is 0 Å². The number of hydrogen-bond donors (Lipinski definition) is 5. The Kier molecular flexibility index (Phi) is 7.86. The predicted octanol–water partition coefficient (Wildman–Crippen LogP) is 1.76. The number of nitrogens with two attached hydrogens (primary N) is 1. The summed E-state index contributed by atoms with van der Waals surface area (Å²) in [6.45, 7) is 6.15. The highest BCUT2D eigenvalue weighted by Crippen LogP contribution is 2.58. The molecule has 2 aromatic rings. The number of methoxy groups -OCH3 is 1. The van der Waals surface area contributed by atoms with Gasteiger partial charge < -0.3 is 39.8 Å². The minimum absolute atomic E-state index is 0.0152. The van der Waals surface area contributed by atoms with Gasteiger partial charge in [0.25, 0.3) is 0 Å². The summed E-state index contributed by atoms with van der Waals surface area (Å²) in [7, 11) is -3.07. The second kappa shape index (κ2) is 9.50. The van der Waals surface area contributed by atoms with E-state index in [0.29, 0.717) is 11.0 Å². The van der Waals surface area contributed by atoms with E-state index < -0.39 is 37.0 Å². The largest absolute Gasteiger partial charge is 0.386 e. The average Bonchev–Trinajstić information content (AvgIpc) is 3.16. The van der Waals surface area contributed by atoms with Crippen molar-refractivity contribution in [2.24, 2.45) is 0 Å². The van der Waals surface area contributed by atoms with Crippen molar-refractivity contribution in [1.29, 1.82) is 0 Å². The van der Waals surface area contributed by atoms with Crippen LogP contribution < -0.4 is 5.73 Å². The van der Waals surface area contributed by atoms with Crippen LogP contribution in [0.4, 0.5) is 5.82 Å². The van der Waals surface area contributed by atoms with Crippen molar-refractivity contribution in [2.45, 2.75) is 76.3 Å². The number of aliphatic hydroxyl groups excluding tert-OH is 2. The monoisotopic (exact) mass is 460 g/mol. The number of hydrogen-bond acceptors (Lipinski definition) is 9. The van der Waals surface area contributed by atoms with Crippen molar-refractivity contribution >= 4 is 24.4 Å². The molecule has 6 atom stereocenters. The van der Waals surface area contributed by atoms with E-state index in [2.05, 4.69) is 9.97 Å². The summed E-state index contributed by atoms with van der Waals surface area (Å²) in [4.78, 5) is 18.3. The Bertz CT molecular complexity index is 937. The van der Waals surface area contributed by atoms with Crippen molar-refractivity contribution in [3.8, 4) is 0 Å². The number of aromatic nitrogens is 3. The standard InChI is InChI=1S/C19H33N4O7P/c1-6-18(3,30-31(27,28)19(4,26)7-2)10-13(29-5)14(24)17(25)23-9-8-12-15(20)21-11-22-16(12)23/h8-9,11,13-14,17,24-26H,6-7,10H2,1-5H3,(H,27,28)(H2,20,21,22). The van der Waals surface area contributed by atoms with Crippen LogP contribution in [0.1, 0.15) is 53.2 Å². The summed E-state index contributed by atoms with van der Waals surface area (Å²) in [6, 6.07) is 1.62. The van der Waals surface area contributed by atoms with Crippen LogP contribution in [0, 0.1) is 0 Å². The maximum absolute atomic E-state index is 12.7. The molecule has 31 heavy (non-hydrogen) atoms. The lowest BCUT2D eigenvalue weighted by molar-refractivity contribution is -0.123. The minimum Gasteiger partial charge on any atom is -0.386 e. The molecule has 0 fully saturated rings. The minimum atomic E-state index is -4.42. The first kappa shape index (κ1) is 25.7. The molecule has 0 aliphatic carbocycles. The fraction of sp³-hybridized carbons (Fsp3) is 0.684. The number of nitrogen functional groups attached to an aromatic ring is 1. The van der Waals surface area contributed by atoms with E-state index in [4.69, 9.17) is 15.0 Å². The lowest BCUT2D eigenvalue weighted by atomic mass is 9.92. The van der Waals surface area contributed by atoms with Crippen molar-refractivity contribution in [3.63, 3.8) is 0 Å². The Hall–Kier alpha value is -1.59. The van der Waals surface area contributed by atoms with Gasteiger partial charge in [-0.25, -0.2) is 9.97 Å². The quantitative estimate of drug-likeness (QED) is 0.311. The van der Waals surface area contributed by atoms with Gasteiger partial charge in [-0.2, -0.15) is 0 Å². The highest BCUT2D eigenvalue weighted by Gasteiger charge is 2.47. The number of anilines is 1. The zero-order valence-corrected chi connectivity index (χ0v) is 19.4. The van der Waals surface area contributed by atoms with Crippen molar-refractivity contribution in [3.05, 3.63) is 18.6 Å². The second-order valence-corrected chi connectivity index (χ2v) is 10.3. The molecule has 176 valence electrons. The van der Waals surface area contributed by atoms with Crippen LogP contribution >= 0.6 is 7.60 Å². The van der Waals surface area contributed by atoms with Crippen molar-refractivity contribution in [1.82, 2.24) is 14.5 Å². The van der Waals surface area contributed by atoms with E-state index in [1.165, 1.54) is 31.1 Å². The summed E-state index contributed by atoms with van der Waals surface area (Å²) in [5.74, 6) is 0.238. The maximum atomic E-state index is 12.7. The van der Waals surface area contributed by atoms with Gasteiger partial charge in [-0.15, -0.1) is 0 Å². The molecule has 0 aromatic carbocycles. The van der Waals surface area contributed by atoms with E-state index in [1.807, 2.05) is 0 Å². The van der Waals surface area contributed by atoms with Crippen LogP contribution in [0.5, 0.6) is 0 Å². The van der Waals surface area contributed by atoms with E-state index >= 15 is 0 Å². The molecule has 0 saturated carbocycles. The van der Waals surface area contributed by atoms with Crippen LogP contribution in [-0.2, 0) is 13.8 Å². The summed E-state index contributed by atoms with van der Waals surface area (Å²) in [5.41, 5.74) is 4.93. The number of fused-ring (bicyclic) bond motifs is 1. The third kappa shape index (κ3) is 5.25. The molecule has 2 aromatic heterocycles. The lowest BCUT2D eigenvalue weighted by Crippen LogP contribution is -2.43. The molecule has 0 amide bonds. The zero-order valence-electron chi connectivity index (χ0n) is 18.5. The van der Waals surface area contributed by atoms with Gasteiger partial charge in [-0.05, 0) is 32.8 Å². The van der Waals surface area contributed by atoms with Crippen LogP contribution in [0.3, 0.4) is 0 Å². The van der Waals surface area contributed by atoms with E-state index in [9.17, 15) is 24.8 Å². The molecule has 0 saturated heterocycles. The second-order valence-electron chi connectivity index (χ2n) is 8.09. The van der Waals surface area contributed by atoms with Gasteiger partial charge in [0.2, 0.25) is 0 Å². The van der Waals surface area contributed by atoms with Crippen molar-refractivity contribution < 1.29 is 34.0 Å². The molecule has 12 heteroatoms. The van der Waals surface area contributed by atoms with Gasteiger partial charge in [-0.3, -0.25) is 4.57 Å². The summed E-state index contributed by atoms with van der Waals surface area (Å²) < 4.78 is 24.9. The van der Waals surface area contributed by atoms with Crippen LogP contribution in [0.2, 0.25) is 0 Å². The fourth-order valence-corrected chi connectivity index (χ4v) is 4.57. The third-order valence-corrected chi connectivity index (χ3v) is 8.04. The molecular weight excluding hydrogens is 427 g/mol. The smallest absolute Gasteiger partial charge is 0.359 e. The van der Waals surface area contributed by atoms with Gasteiger partial charge in [0, 0.05) is 19.7 Å². The number of rotatable bonds is 11. The number of nitrogens with zero attached hydrogens (tertiary/aromatic N) is 3. The lowest BCUT2D eigenvalue weighted by Gasteiger charge is -2.39. The van der Waals surface area contributed by atoms with Crippen molar-refractivity contribution in [2.75, 3.05) is 12.8 Å². The molecule has 6 N–H and O–H groups in total. The predicted molar refractivity (Wildman–Crippen MR) is 115 cm³/mol. The first-order chi connectivity index (χ1) is 14.3. The Morgan fingerprint density at radius 3 is 2.45 bits per heavy atom. The molecule has 0 radical (unpaired) electrons. The normalized spacial score (nSPS) is 21.1. The van der Waals surface area contributed by atoms with E-state index in [-0.39, 0.29) is 25.1 Å². The Balaban J connectivity index is 2.26. The Labute approximate surface area is 181 Å². The third-order valence-electron chi connectivity index (χ3n) is 5.82. The molecule has 0 aliphatic rings. The molecule has 6 unspecified atom stereocenters. The number of aliphatic hydroxyl groups is 3. The molecule has 11 nitrogen and oxygen atoms in total. The van der Waals surface area contributed by atoms with Gasteiger partial charge in [-0.1, -0.05) is 13.8 Å². The Morgan fingerprint density at radius 1 is 1.26 bits per heavy atom. The maximum Gasteiger partial charge on any atom is 0.359 e. The molecule has 2 heterocycles. The zero-order chi connectivity index (χ0) is 23.6. The summed E-state index contributed by atoms with van der Waals surface area (Å²) in [6.07, 6.45) is -0.805. The molecule has 0 aliphatic heterocycles. The number of ether oxygens (including phenoxy) is 1. The first-order valence-corrected chi connectivity index (χ1v) is 11.6. The van der Waals surface area contributed by atoms with Crippen LogP contribution in [0.15, 0.2) is 18.6 Å². The topological polar surface area (TPSA) is 173 Å². The fourth-order valence-electron chi connectivity index (χ4n) is 3.17. The van der Waals surface area contributed by atoms with Gasteiger partial charge in [0.15, 0.2) is 11.6 Å². The highest BCUT2D eigenvalue weighted by atomic mass is 31.2. The van der Waals surface area contributed by atoms with E-state index in [1.54, 1.807) is 26.8 Å². The SMILES string of the molecule is CCC(C)(CC(OC)C(O)C(O)n1ccc2c(N)ncnc21)OP(=O)(O)C(C)(O)CC. The van der Waals surface area contributed by atoms with Gasteiger partial charge in [0.05, 0.1) is 17.1 Å². The summed E-state index contributed by atoms with van der Waals surface area (Å²) in [5, 5.41) is 30.5. The molecule has 0 bridgehead atoms. The van der Waals surface area contributed by atoms with Crippen LogP contribution in [0.25, 0.3) is 11.0 Å².